The molecule has 1 aliphatic rings. The maximum absolute atomic E-state index is 12.9. The number of phenolic OH excluding ortho intramolecular Hbond substituents is 2. The highest BCUT2D eigenvalue weighted by molar-refractivity contribution is 6.22. The van der Waals surface area contributed by atoms with E-state index in [-0.39, 0.29) is 32.9 Å². The number of benzene rings is 2. The third-order valence-electron chi connectivity index (χ3n) is 6.05. The summed E-state index contributed by atoms with van der Waals surface area (Å²) < 4.78 is 31.8. The maximum Gasteiger partial charge on any atom is 0.344 e. The summed E-state index contributed by atoms with van der Waals surface area (Å²) in [6, 6.07) is 2.21. The van der Waals surface area contributed by atoms with Gasteiger partial charge in [0.1, 0.15) is 12.2 Å². The largest absolute Gasteiger partial charge is 0.504 e. The summed E-state index contributed by atoms with van der Waals surface area (Å²) >= 11 is 0. The minimum atomic E-state index is -1.76. The minimum absolute atomic E-state index is 0.00689. The van der Waals surface area contributed by atoms with Gasteiger partial charge in [-0.25, -0.2) is 9.59 Å². The number of carbonyl (C=O) groups excluding carboxylic acids is 1. The fourth-order valence-corrected chi connectivity index (χ4v) is 4.40. The van der Waals surface area contributed by atoms with Crippen LogP contribution in [0.4, 0.5) is 0 Å². The molecule has 4 N–H and O–H groups in total. The number of hydrogen-bond donors (Lipinski definition) is 4. The van der Waals surface area contributed by atoms with E-state index < -0.39 is 70.8 Å². The Hall–Kier alpha value is -4.07. The molecule has 0 unspecified atom stereocenters. The van der Waals surface area contributed by atoms with Crippen molar-refractivity contribution in [2.24, 2.45) is 0 Å². The molecule has 0 amide bonds. The first kappa shape index (κ1) is 23.7. The van der Waals surface area contributed by atoms with Crippen molar-refractivity contribution in [2.75, 3.05) is 7.11 Å². The van der Waals surface area contributed by atoms with Crippen LogP contribution in [0.3, 0.4) is 0 Å². The molecule has 2 aromatic carbocycles. The fraction of sp³-hybridized carbons (Fsp3) is 0.348. The van der Waals surface area contributed by atoms with Crippen molar-refractivity contribution in [3.63, 3.8) is 0 Å². The van der Waals surface area contributed by atoms with Crippen molar-refractivity contribution in [2.45, 2.75) is 44.6 Å². The van der Waals surface area contributed by atoms with Crippen molar-refractivity contribution in [3.05, 3.63) is 33.0 Å². The van der Waals surface area contributed by atoms with Gasteiger partial charge in [0.05, 0.1) is 24.0 Å². The summed E-state index contributed by atoms with van der Waals surface area (Å²) in [5.41, 5.74) is -2.65. The first-order valence-corrected chi connectivity index (χ1v) is 10.7. The van der Waals surface area contributed by atoms with Gasteiger partial charge in [0, 0.05) is 17.7 Å². The van der Waals surface area contributed by atoms with Crippen molar-refractivity contribution in [1.82, 2.24) is 0 Å². The number of esters is 1. The molecule has 0 bridgehead atoms. The second-order valence-corrected chi connectivity index (χ2v) is 8.32. The first-order valence-electron chi connectivity index (χ1n) is 10.7. The van der Waals surface area contributed by atoms with E-state index in [1.165, 1.54) is 20.1 Å². The summed E-state index contributed by atoms with van der Waals surface area (Å²) in [7, 11) is 1.24. The predicted molar refractivity (Wildman–Crippen MR) is 120 cm³/mol. The lowest BCUT2D eigenvalue weighted by atomic mass is 9.99. The lowest BCUT2D eigenvalue weighted by Crippen LogP contribution is -2.59. The van der Waals surface area contributed by atoms with E-state index in [1.54, 1.807) is 0 Å². The zero-order valence-electron chi connectivity index (χ0n) is 19.0. The van der Waals surface area contributed by atoms with Gasteiger partial charge in [-0.15, -0.1) is 0 Å². The highest BCUT2D eigenvalue weighted by Gasteiger charge is 2.46. The van der Waals surface area contributed by atoms with E-state index in [0.717, 1.165) is 13.0 Å². The van der Waals surface area contributed by atoms with E-state index >= 15 is 0 Å². The number of ether oxygens (including phenoxy) is 4. The van der Waals surface area contributed by atoms with Gasteiger partial charge in [-0.05, 0) is 19.1 Å². The molecular formula is C23H20O13. The van der Waals surface area contributed by atoms with E-state index in [2.05, 4.69) is 0 Å². The number of hydrogen-bond acceptors (Lipinski definition) is 13. The van der Waals surface area contributed by atoms with Crippen molar-refractivity contribution >= 4 is 38.7 Å². The van der Waals surface area contributed by atoms with Gasteiger partial charge in [0.2, 0.25) is 17.8 Å². The van der Waals surface area contributed by atoms with Crippen molar-refractivity contribution in [1.29, 1.82) is 0 Å². The number of aliphatic hydroxyl groups is 2. The summed E-state index contributed by atoms with van der Waals surface area (Å²) in [4.78, 5) is 36.9. The Labute approximate surface area is 199 Å². The fourth-order valence-electron chi connectivity index (χ4n) is 4.40. The number of aromatic hydroxyl groups is 2. The van der Waals surface area contributed by atoms with E-state index in [1.807, 2.05) is 0 Å². The highest BCUT2D eigenvalue weighted by Crippen LogP contribution is 2.45. The Kier molecular flexibility index (Phi) is 5.43. The molecule has 13 nitrogen and oxygen atoms in total. The normalized spacial score (nSPS) is 24.4. The zero-order chi connectivity index (χ0) is 26.0. The van der Waals surface area contributed by atoms with Crippen LogP contribution in [-0.2, 0) is 14.3 Å². The Morgan fingerprint density at radius 1 is 0.972 bits per heavy atom. The van der Waals surface area contributed by atoms with Gasteiger partial charge in [0.25, 0.3) is 0 Å². The lowest BCUT2D eigenvalue weighted by Gasteiger charge is -2.40. The molecule has 0 spiro atoms. The molecule has 13 heteroatoms. The van der Waals surface area contributed by atoms with Crippen LogP contribution in [0.25, 0.3) is 32.7 Å². The van der Waals surface area contributed by atoms with E-state index in [4.69, 9.17) is 27.8 Å². The molecule has 0 aliphatic carbocycles. The second-order valence-electron chi connectivity index (χ2n) is 8.32. The molecule has 0 radical (unpaired) electrons. The summed E-state index contributed by atoms with van der Waals surface area (Å²) in [5.74, 6) is -2.53. The van der Waals surface area contributed by atoms with Crippen LogP contribution in [-0.4, -0.2) is 64.2 Å². The third-order valence-corrected chi connectivity index (χ3v) is 6.05. The van der Waals surface area contributed by atoms with Crippen LogP contribution < -0.4 is 20.7 Å². The Bertz CT molecular complexity index is 1620. The summed E-state index contributed by atoms with van der Waals surface area (Å²) in [6.45, 7) is 2.59. The molecule has 0 saturated carbocycles. The number of aliphatic hydroxyl groups excluding tert-OH is 2. The standard InChI is InChI=1S/C23H20O13/c1-6-17(33-7(2)24)15(27)16(28)23(32-6)36-18-10(25)4-8-13-12-9(22(30)35-20(13)18)5-11(31-3)14(26)19(12)34-21(8)29/h4-6,15-17,23,25-28H,1-3H3/t6-,15-,16+,17-,23-/m0/s1. The van der Waals surface area contributed by atoms with Crippen molar-refractivity contribution < 1.29 is 53.0 Å². The SMILES string of the molecule is COc1cc2c(=O)oc3c(O[C@@H]4O[C@@H](C)[C@H](OC(C)=O)[C@@H](O)[C@H]4O)c(O)cc4c(=O)oc(c1O)c2c34. The molecule has 36 heavy (non-hydrogen) atoms. The van der Waals surface area contributed by atoms with Gasteiger partial charge in [-0.1, -0.05) is 0 Å². The van der Waals surface area contributed by atoms with Gasteiger partial charge < -0.3 is 48.2 Å². The van der Waals surface area contributed by atoms with Gasteiger partial charge >= 0.3 is 17.2 Å². The third kappa shape index (κ3) is 3.39. The van der Waals surface area contributed by atoms with Gasteiger partial charge in [0.15, 0.2) is 28.8 Å². The minimum Gasteiger partial charge on any atom is -0.504 e. The molecular weight excluding hydrogens is 484 g/mol. The van der Waals surface area contributed by atoms with Crippen LogP contribution in [0.5, 0.6) is 23.0 Å². The Balaban J connectivity index is 1.70. The van der Waals surface area contributed by atoms with Crippen molar-refractivity contribution in [3.8, 4) is 23.0 Å². The molecule has 5 atom stereocenters. The Morgan fingerprint density at radius 2 is 1.58 bits per heavy atom. The number of rotatable bonds is 4. The summed E-state index contributed by atoms with van der Waals surface area (Å²) in [5, 5.41) is 41.9. The zero-order valence-corrected chi connectivity index (χ0v) is 19.0. The second kappa shape index (κ2) is 8.26. The van der Waals surface area contributed by atoms with E-state index in [0.29, 0.717) is 0 Å². The lowest BCUT2D eigenvalue weighted by molar-refractivity contribution is -0.272. The van der Waals surface area contributed by atoms with Crippen LogP contribution in [0.15, 0.2) is 30.6 Å². The monoisotopic (exact) mass is 504 g/mol. The highest BCUT2D eigenvalue weighted by atomic mass is 16.7. The summed E-state index contributed by atoms with van der Waals surface area (Å²) in [6.07, 6.45) is -7.13. The quantitative estimate of drug-likeness (QED) is 0.172. The number of carbonyl (C=O) groups is 1. The van der Waals surface area contributed by atoms with Crippen LogP contribution in [0.2, 0.25) is 0 Å². The molecule has 190 valence electrons. The van der Waals surface area contributed by atoms with Crippen LogP contribution in [0, 0.1) is 0 Å². The Morgan fingerprint density at radius 3 is 2.22 bits per heavy atom. The number of phenols is 2. The molecule has 5 rings (SSSR count). The molecule has 1 fully saturated rings. The topological polar surface area (TPSA) is 195 Å². The molecule has 1 saturated heterocycles. The van der Waals surface area contributed by atoms with Crippen LogP contribution >= 0.6 is 0 Å². The molecule has 1 aliphatic heterocycles. The number of methoxy groups -OCH3 is 1. The molecule has 3 heterocycles. The first-order chi connectivity index (χ1) is 17.0. The van der Waals surface area contributed by atoms with Crippen LogP contribution in [0.1, 0.15) is 13.8 Å². The molecule has 2 aromatic heterocycles. The van der Waals surface area contributed by atoms with E-state index in [9.17, 15) is 34.8 Å². The molecule has 4 aromatic rings. The average molecular weight is 504 g/mol. The van der Waals surface area contributed by atoms with Gasteiger partial charge in [-0.3, -0.25) is 4.79 Å². The smallest absolute Gasteiger partial charge is 0.344 e. The average Bonchev–Trinajstić information content (AvgIpc) is 2.82. The van der Waals surface area contributed by atoms with Gasteiger partial charge in [-0.2, -0.15) is 0 Å². The maximum atomic E-state index is 12.9. The predicted octanol–water partition coefficient (Wildman–Crippen LogP) is 0.687.